The maximum atomic E-state index is 12.6. The average molecular weight is 425 g/mol. The average Bonchev–Trinajstić information content (AvgIpc) is 2.90. The Bertz CT molecular complexity index is 821. The summed E-state index contributed by atoms with van der Waals surface area (Å²) in [4.78, 5) is 9.03. The van der Waals surface area contributed by atoms with E-state index < -0.39 is 5.51 Å². The standard InChI is InChI=1S/C21H27F3N4S/c1-15(2)26-19-11-25-10-9-16(19)12-28-14-27(13-20(28,3)4)17-5-7-18(8-6-17)29-21(22,23)24/h5-11,15,26H,12-14H2,1-4H3. The summed E-state index contributed by atoms with van der Waals surface area (Å²) in [5.41, 5.74) is -1.19. The van der Waals surface area contributed by atoms with Crippen LogP contribution in [0.25, 0.3) is 0 Å². The third-order valence-electron chi connectivity index (χ3n) is 4.93. The van der Waals surface area contributed by atoms with Crippen LogP contribution in [0.1, 0.15) is 33.3 Å². The summed E-state index contributed by atoms with van der Waals surface area (Å²) in [5.74, 6) is 0. The van der Waals surface area contributed by atoms with Crippen LogP contribution in [0.3, 0.4) is 0 Å². The van der Waals surface area contributed by atoms with E-state index in [-0.39, 0.29) is 22.2 Å². The van der Waals surface area contributed by atoms with Crippen LogP contribution in [0, 0.1) is 0 Å². The van der Waals surface area contributed by atoms with Crippen LogP contribution in [0.4, 0.5) is 24.5 Å². The molecule has 0 aliphatic carbocycles. The monoisotopic (exact) mass is 424 g/mol. The first-order chi connectivity index (χ1) is 13.5. The van der Waals surface area contributed by atoms with E-state index in [2.05, 4.69) is 47.8 Å². The fourth-order valence-electron chi connectivity index (χ4n) is 3.52. The molecule has 1 saturated heterocycles. The molecule has 0 amide bonds. The lowest BCUT2D eigenvalue weighted by molar-refractivity contribution is -0.0328. The van der Waals surface area contributed by atoms with Crippen molar-refractivity contribution in [2.75, 3.05) is 23.4 Å². The van der Waals surface area contributed by atoms with E-state index in [1.165, 1.54) is 17.7 Å². The topological polar surface area (TPSA) is 31.4 Å². The van der Waals surface area contributed by atoms with E-state index in [0.717, 1.165) is 24.5 Å². The fraction of sp³-hybridized carbons (Fsp3) is 0.476. The lowest BCUT2D eigenvalue weighted by atomic mass is 10.0. The van der Waals surface area contributed by atoms with Crippen LogP contribution in [0.2, 0.25) is 0 Å². The molecule has 0 saturated carbocycles. The Kier molecular flexibility index (Phi) is 6.33. The van der Waals surface area contributed by atoms with Crippen LogP contribution < -0.4 is 10.2 Å². The Hall–Kier alpha value is -1.93. The molecule has 0 atom stereocenters. The van der Waals surface area contributed by atoms with Gasteiger partial charge >= 0.3 is 5.51 Å². The molecule has 8 heteroatoms. The minimum absolute atomic E-state index is 0.0717. The summed E-state index contributed by atoms with van der Waals surface area (Å²) in [7, 11) is 0. The number of nitrogens with one attached hydrogen (secondary N) is 1. The summed E-state index contributed by atoms with van der Waals surface area (Å²) in [5, 5.41) is 3.45. The van der Waals surface area contributed by atoms with Gasteiger partial charge < -0.3 is 10.2 Å². The van der Waals surface area contributed by atoms with Gasteiger partial charge in [0.25, 0.3) is 0 Å². The molecule has 1 aliphatic rings. The van der Waals surface area contributed by atoms with Gasteiger partial charge in [0.2, 0.25) is 0 Å². The molecule has 158 valence electrons. The second-order valence-corrected chi connectivity index (χ2v) is 9.36. The van der Waals surface area contributed by atoms with Gasteiger partial charge in [0.05, 0.1) is 18.6 Å². The molecule has 29 heavy (non-hydrogen) atoms. The minimum Gasteiger partial charge on any atom is -0.381 e. The highest BCUT2D eigenvalue weighted by Gasteiger charge is 2.37. The molecule has 0 unspecified atom stereocenters. The van der Waals surface area contributed by atoms with Gasteiger partial charge in [-0.25, -0.2) is 0 Å². The molecule has 1 N–H and O–H groups in total. The van der Waals surface area contributed by atoms with Gasteiger partial charge in [0.1, 0.15) is 0 Å². The summed E-state index contributed by atoms with van der Waals surface area (Å²) < 4.78 is 37.7. The van der Waals surface area contributed by atoms with Crippen molar-refractivity contribution in [3.8, 4) is 0 Å². The number of hydrogen-bond acceptors (Lipinski definition) is 5. The number of alkyl halides is 3. The number of hydrogen-bond donors (Lipinski definition) is 1. The molecular formula is C21H27F3N4S. The Morgan fingerprint density at radius 2 is 1.86 bits per heavy atom. The van der Waals surface area contributed by atoms with Gasteiger partial charge in [-0.1, -0.05) is 0 Å². The number of halogens is 3. The SMILES string of the molecule is CC(C)Nc1cnccc1CN1CN(c2ccc(SC(F)(F)F)cc2)CC1(C)C. The van der Waals surface area contributed by atoms with Gasteiger partial charge in [-0.05, 0) is 75.4 Å². The first-order valence-electron chi connectivity index (χ1n) is 9.59. The third kappa shape index (κ3) is 5.79. The fourth-order valence-corrected chi connectivity index (χ4v) is 4.06. The van der Waals surface area contributed by atoms with Crippen LogP contribution in [-0.4, -0.2) is 40.2 Å². The molecule has 0 spiro atoms. The highest BCUT2D eigenvalue weighted by Crippen LogP contribution is 2.38. The maximum Gasteiger partial charge on any atom is 0.446 e. The molecule has 3 rings (SSSR count). The maximum absolute atomic E-state index is 12.6. The lowest BCUT2D eigenvalue weighted by Crippen LogP contribution is -2.39. The van der Waals surface area contributed by atoms with Crippen molar-refractivity contribution in [1.29, 1.82) is 0 Å². The molecule has 1 fully saturated rings. The Morgan fingerprint density at radius 1 is 1.17 bits per heavy atom. The summed E-state index contributed by atoms with van der Waals surface area (Å²) in [6.45, 7) is 10.9. The van der Waals surface area contributed by atoms with Crippen LogP contribution in [-0.2, 0) is 6.54 Å². The number of pyridine rings is 1. The second-order valence-electron chi connectivity index (χ2n) is 8.22. The zero-order valence-electron chi connectivity index (χ0n) is 17.1. The van der Waals surface area contributed by atoms with Gasteiger partial charge in [-0.3, -0.25) is 9.88 Å². The Morgan fingerprint density at radius 3 is 2.48 bits per heavy atom. The van der Waals surface area contributed by atoms with E-state index in [4.69, 9.17) is 0 Å². The molecule has 4 nitrogen and oxygen atoms in total. The molecule has 1 aromatic carbocycles. The van der Waals surface area contributed by atoms with Gasteiger partial charge in [-0.2, -0.15) is 13.2 Å². The van der Waals surface area contributed by atoms with Crippen molar-refractivity contribution in [3.05, 3.63) is 48.3 Å². The molecule has 2 heterocycles. The van der Waals surface area contributed by atoms with Crippen molar-refractivity contribution in [2.24, 2.45) is 0 Å². The highest BCUT2D eigenvalue weighted by molar-refractivity contribution is 8.00. The zero-order valence-corrected chi connectivity index (χ0v) is 17.9. The second kappa shape index (κ2) is 8.44. The number of benzene rings is 1. The predicted octanol–water partition coefficient (Wildman–Crippen LogP) is 5.57. The van der Waals surface area contributed by atoms with Crippen molar-refractivity contribution in [3.63, 3.8) is 0 Å². The number of aromatic nitrogens is 1. The first-order valence-corrected chi connectivity index (χ1v) is 10.4. The highest BCUT2D eigenvalue weighted by atomic mass is 32.2. The van der Waals surface area contributed by atoms with Gasteiger partial charge in [0.15, 0.2) is 0 Å². The Balaban J connectivity index is 1.72. The van der Waals surface area contributed by atoms with Crippen molar-refractivity contribution >= 4 is 23.1 Å². The molecular weight excluding hydrogens is 397 g/mol. The van der Waals surface area contributed by atoms with E-state index >= 15 is 0 Å². The molecule has 0 bridgehead atoms. The van der Waals surface area contributed by atoms with E-state index in [1.807, 2.05) is 12.3 Å². The summed E-state index contributed by atoms with van der Waals surface area (Å²) in [6.07, 6.45) is 3.66. The van der Waals surface area contributed by atoms with Crippen molar-refractivity contribution < 1.29 is 13.2 Å². The van der Waals surface area contributed by atoms with Crippen LogP contribution in [0.15, 0.2) is 47.6 Å². The number of rotatable bonds is 6. The zero-order chi connectivity index (χ0) is 21.2. The Labute approximate surface area is 174 Å². The van der Waals surface area contributed by atoms with E-state index in [1.54, 1.807) is 18.3 Å². The lowest BCUT2D eigenvalue weighted by Gasteiger charge is -2.30. The number of anilines is 2. The summed E-state index contributed by atoms with van der Waals surface area (Å²) in [6, 6.07) is 8.96. The van der Waals surface area contributed by atoms with E-state index in [0.29, 0.717) is 12.7 Å². The molecule has 1 aromatic heterocycles. The molecule has 0 radical (unpaired) electrons. The smallest absolute Gasteiger partial charge is 0.381 e. The normalized spacial score (nSPS) is 17.2. The van der Waals surface area contributed by atoms with Crippen LogP contribution in [0.5, 0.6) is 0 Å². The summed E-state index contributed by atoms with van der Waals surface area (Å²) >= 11 is -0.0814. The van der Waals surface area contributed by atoms with Crippen molar-refractivity contribution in [1.82, 2.24) is 9.88 Å². The van der Waals surface area contributed by atoms with Crippen molar-refractivity contribution in [2.45, 2.75) is 56.2 Å². The first kappa shape index (κ1) is 21.8. The van der Waals surface area contributed by atoms with Gasteiger partial charge in [0, 0.05) is 41.4 Å². The third-order valence-corrected chi connectivity index (χ3v) is 5.67. The van der Waals surface area contributed by atoms with Gasteiger partial charge in [-0.15, -0.1) is 0 Å². The molecule has 2 aromatic rings. The quantitative estimate of drug-likeness (QED) is 0.613. The minimum atomic E-state index is -4.26. The van der Waals surface area contributed by atoms with Crippen LogP contribution >= 0.6 is 11.8 Å². The largest absolute Gasteiger partial charge is 0.446 e. The predicted molar refractivity (Wildman–Crippen MR) is 113 cm³/mol. The molecule has 1 aliphatic heterocycles. The number of thioether (sulfide) groups is 1. The van der Waals surface area contributed by atoms with E-state index in [9.17, 15) is 13.2 Å². The number of nitrogens with zero attached hydrogens (tertiary/aromatic N) is 3.